The molecule has 1 aliphatic heterocycles. The fourth-order valence-corrected chi connectivity index (χ4v) is 10.1. The van der Waals surface area contributed by atoms with Crippen LogP contribution in [0.5, 0.6) is 0 Å². The SMILES string of the molecule is CC(CCC(=O)OC1(C)CCOC(=O)C1)C1CCC2C3C(N=O)CC4CC(O)CCC4(C)C3CCC12C. The molecule has 0 aromatic rings. The van der Waals surface area contributed by atoms with Crippen LogP contribution >= 0.6 is 0 Å². The second-order valence-electron chi connectivity index (χ2n) is 14.1. The van der Waals surface area contributed by atoms with Crippen LogP contribution in [0.25, 0.3) is 0 Å². The molecular weight excluding hydrogens is 470 g/mol. The Balaban J connectivity index is 1.25. The minimum atomic E-state index is -0.751. The average molecular weight is 518 g/mol. The fourth-order valence-electron chi connectivity index (χ4n) is 10.1. The number of hydrogen-bond acceptors (Lipinski definition) is 7. The molecule has 4 aliphatic carbocycles. The zero-order valence-electron chi connectivity index (χ0n) is 23.2. The molecule has 0 aromatic carbocycles. The molecule has 4 saturated carbocycles. The number of aliphatic hydroxyl groups is 1. The van der Waals surface area contributed by atoms with Crippen molar-refractivity contribution in [1.82, 2.24) is 0 Å². The molecule has 0 amide bonds. The minimum Gasteiger partial charge on any atom is -0.465 e. The number of hydrogen-bond donors (Lipinski definition) is 1. The van der Waals surface area contributed by atoms with E-state index in [2.05, 4.69) is 25.9 Å². The number of esters is 2. The molecule has 0 spiro atoms. The van der Waals surface area contributed by atoms with Crippen molar-refractivity contribution in [2.45, 2.75) is 122 Å². The van der Waals surface area contributed by atoms with E-state index in [1.165, 1.54) is 6.42 Å². The van der Waals surface area contributed by atoms with Gasteiger partial charge in [-0.1, -0.05) is 25.9 Å². The monoisotopic (exact) mass is 517 g/mol. The molecule has 5 rings (SSSR count). The van der Waals surface area contributed by atoms with Crippen LogP contribution in [0.15, 0.2) is 5.18 Å². The highest BCUT2D eigenvalue weighted by atomic mass is 16.6. The number of nitroso groups, excluding NO2 is 1. The van der Waals surface area contributed by atoms with Gasteiger partial charge in [-0.25, -0.2) is 0 Å². The van der Waals surface area contributed by atoms with Crippen LogP contribution in [-0.4, -0.2) is 41.4 Å². The zero-order valence-corrected chi connectivity index (χ0v) is 23.2. The number of fused-ring (bicyclic) bond motifs is 5. The smallest absolute Gasteiger partial charge is 0.309 e. The molecule has 7 heteroatoms. The molecule has 37 heavy (non-hydrogen) atoms. The summed E-state index contributed by atoms with van der Waals surface area (Å²) in [5.41, 5.74) is -0.370. The van der Waals surface area contributed by atoms with Crippen LogP contribution in [0.2, 0.25) is 0 Å². The van der Waals surface area contributed by atoms with Gasteiger partial charge in [0.25, 0.3) is 0 Å². The lowest BCUT2D eigenvalue weighted by Gasteiger charge is -2.62. The molecule has 5 fully saturated rings. The van der Waals surface area contributed by atoms with E-state index >= 15 is 0 Å². The van der Waals surface area contributed by atoms with Gasteiger partial charge >= 0.3 is 11.9 Å². The predicted octanol–water partition coefficient (Wildman–Crippen LogP) is 5.81. The number of carbonyl (C=O) groups is 2. The molecule has 1 N–H and O–H groups in total. The van der Waals surface area contributed by atoms with Gasteiger partial charge in [0, 0.05) is 12.8 Å². The maximum Gasteiger partial charge on any atom is 0.309 e. The highest BCUT2D eigenvalue weighted by Crippen LogP contribution is 2.68. The number of ether oxygens (including phenoxy) is 2. The summed E-state index contributed by atoms with van der Waals surface area (Å²) >= 11 is 0. The van der Waals surface area contributed by atoms with E-state index in [4.69, 9.17) is 9.47 Å². The van der Waals surface area contributed by atoms with Crippen molar-refractivity contribution in [2.24, 2.45) is 51.5 Å². The van der Waals surface area contributed by atoms with Crippen molar-refractivity contribution in [1.29, 1.82) is 0 Å². The Morgan fingerprint density at radius 3 is 2.54 bits per heavy atom. The van der Waals surface area contributed by atoms with Crippen LogP contribution in [0.3, 0.4) is 0 Å². The van der Waals surface area contributed by atoms with Gasteiger partial charge in [0.15, 0.2) is 0 Å². The molecule has 5 aliphatic rings. The van der Waals surface area contributed by atoms with Crippen LogP contribution in [0.1, 0.15) is 105 Å². The first-order chi connectivity index (χ1) is 17.5. The third-order valence-electron chi connectivity index (χ3n) is 12.1. The normalized spacial score (nSPS) is 48.1. The van der Waals surface area contributed by atoms with Crippen molar-refractivity contribution in [3.63, 3.8) is 0 Å². The first-order valence-electron chi connectivity index (χ1n) is 14.9. The third-order valence-corrected chi connectivity index (χ3v) is 12.1. The van der Waals surface area contributed by atoms with E-state index in [-0.39, 0.29) is 41.3 Å². The highest BCUT2D eigenvalue weighted by molar-refractivity contribution is 5.74. The summed E-state index contributed by atoms with van der Waals surface area (Å²) in [5.74, 6) is 2.17. The summed E-state index contributed by atoms with van der Waals surface area (Å²) < 4.78 is 10.8. The Morgan fingerprint density at radius 1 is 1.08 bits per heavy atom. The van der Waals surface area contributed by atoms with Crippen molar-refractivity contribution in [3.8, 4) is 0 Å². The van der Waals surface area contributed by atoms with Gasteiger partial charge in [-0.05, 0) is 111 Å². The second-order valence-corrected chi connectivity index (χ2v) is 14.1. The molecule has 0 radical (unpaired) electrons. The van der Waals surface area contributed by atoms with E-state index in [9.17, 15) is 19.6 Å². The summed E-state index contributed by atoms with van der Waals surface area (Å²) in [7, 11) is 0. The highest BCUT2D eigenvalue weighted by Gasteiger charge is 2.63. The molecule has 1 heterocycles. The molecule has 208 valence electrons. The van der Waals surface area contributed by atoms with Gasteiger partial charge < -0.3 is 14.6 Å². The summed E-state index contributed by atoms with van der Waals surface area (Å²) in [6.45, 7) is 9.32. The van der Waals surface area contributed by atoms with Gasteiger partial charge in [-0.2, -0.15) is 4.91 Å². The quantitative estimate of drug-likeness (QED) is 0.352. The largest absolute Gasteiger partial charge is 0.465 e. The Morgan fingerprint density at radius 2 is 1.81 bits per heavy atom. The van der Waals surface area contributed by atoms with Crippen LogP contribution in [-0.2, 0) is 19.1 Å². The van der Waals surface area contributed by atoms with E-state index in [0.29, 0.717) is 55.0 Å². The molecular formula is C30H47NO6. The number of carbonyl (C=O) groups excluding carboxylic acids is 2. The Labute approximate surface area is 221 Å². The molecule has 1 saturated heterocycles. The Hall–Kier alpha value is -1.50. The summed E-state index contributed by atoms with van der Waals surface area (Å²) in [6, 6.07) is -0.134. The zero-order chi connectivity index (χ0) is 26.6. The van der Waals surface area contributed by atoms with E-state index in [1.54, 1.807) is 0 Å². The number of rotatable bonds is 6. The number of nitrogens with zero attached hydrogens (tertiary/aromatic N) is 1. The first kappa shape index (κ1) is 27.1. The lowest BCUT2D eigenvalue weighted by Crippen LogP contribution is -2.58. The molecule has 0 bridgehead atoms. The topological polar surface area (TPSA) is 102 Å². The van der Waals surface area contributed by atoms with Crippen molar-refractivity contribution >= 4 is 11.9 Å². The number of cyclic esters (lactones) is 1. The lowest BCUT2D eigenvalue weighted by molar-refractivity contribution is -0.175. The fraction of sp³-hybridized carbons (Fsp3) is 0.933. The lowest BCUT2D eigenvalue weighted by atomic mass is 9.43. The van der Waals surface area contributed by atoms with Crippen molar-refractivity contribution in [3.05, 3.63) is 4.91 Å². The van der Waals surface area contributed by atoms with Gasteiger partial charge in [-0.3, -0.25) is 9.59 Å². The first-order valence-corrected chi connectivity index (χ1v) is 14.9. The average Bonchev–Trinajstić information content (AvgIpc) is 3.19. The number of aliphatic hydroxyl groups excluding tert-OH is 1. The van der Waals surface area contributed by atoms with Gasteiger partial charge in [-0.15, -0.1) is 0 Å². The van der Waals surface area contributed by atoms with Gasteiger partial charge in [0.05, 0.1) is 25.2 Å². The van der Waals surface area contributed by atoms with E-state index in [0.717, 1.165) is 51.4 Å². The Bertz CT molecular complexity index is 909. The molecule has 0 aromatic heterocycles. The van der Waals surface area contributed by atoms with Crippen LogP contribution in [0, 0.1) is 51.2 Å². The summed E-state index contributed by atoms with van der Waals surface area (Å²) in [6.07, 6.45) is 9.83. The van der Waals surface area contributed by atoms with E-state index in [1.807, 2.05) is 6.92 Å². The standard InChI is InChI=1S/C30H47NO6/c1-18(5-8-25(33)37-28(2)13-14-36-26(34)17-28)21-6-7-22-27-23(10-12-30(21,22)4)29(3)11-9-20(32)15-19(29)16-24(27)31-35/h18-24,27,32H,5-17H2,1-4H3. The maximum atomic E-state index is 12.7. The van der Waals surface area contributed by atoms with Crippen LogP contribution < -0.4 is 0 Å². The molecule has 7 nitrogen and oxygen atoms in total. The maximum absolute atomic E-state index is 12.7. The minimum absolute atomic E-state index is 0.129. The molecule has 11 atom stereocenters. The van der Waals surface area contributed by atoms with Crippen molar-refractivity contribution < 1.29 is 24.2 Å². The van der Waals surface area contributed by atoms with Crippen LogP contribution in [0.4, 0.5) is 0 Å². The van der Waals surface area contributed by atoms with E-state index < -0.39 is 5.60 Å². The van der Waals surface area contributed by atoms with Gasteiger partial charge in [0.2, 0.25) is 0 Å². The summed E-state index contributed by atoms with van der Waals surface area (Å²) in [5, 5.41) is 14.1. The second kappa shape index (κ2) is 9.91. The van der Waals surface area contributed by atoms with Crippen molar-refractivity contribution in [2.75, 3.05) is 6.61 Å². The molecule has 11 unspecified atom stereocenters. The Kier molecular flexibility index (Phi) is 7.25. The summed E-state index contributed by atoms with van der Waals surface area (Å²) in [4.78, 5) is 36.6. The van der Waals surface area contributed by atoms with Gasteiger partial charge in [0.1, 0.15) is 5.60 Å². The predicted molar refractivity (Wildman–Crippen MR) is 139 cm³/mol. The third kappa shape index (κ3) is 4.76.